The molecule has 5 nitrogen and oxygen atoms in total. The minimum atomic E-state index is -0.0396. The van der Waals surface area contributed by atoms with Crippen LogP contribution in [-0.2, 0) is 9.47 Å². The summed E-state index contributed by atoms with van der Waals surface area (Å²) in [6.07, 6.45) is 2.05. The zero-order valence-corrected chi connectivity index (χ0v) is 17.7. The van der Waals surface area contributed by atoms with Gasteiger partial charge in [0.15, 0.2) is 5.16 Å². The van der Waals surface area contributed by atoms with Gasteiger partial charge in [-0.1, -0.05) is 49.9 Å². The Morgan fingerprint density at radius 2 is 2.00 bits per heavy atom. The van der Waals surface area contributed by atoms with E-state index in [9.17, 15) is 4.79 Å². The SMILES string of the molecule is CC[C@@H](C)c1ccc(-n2c(SC[C@H]3CCOCO3)nc3ccccc3c2=O)cc1. The Bertz CT molecular complexity index is 1030. The lowest BCUT2D eigenvalue weighted by molar-refractivity contribution is -0.130. The van der Waals surface area contributed by atoms with Gasteiger partial charge in [0.1, 0.15) is 6.79 Å². The maximum absolute atomic E-state index is 13.3. The number of aromatic nitrogens is 2. The van der Waals surface area contributed by atoms with Gasteiger partial charge in [0.05, 0.1) is 29.3 Å². The lowest BCUT2D eigenvalue weighted by Crippen LogP contribution is -2.27. The van der Waals surface area contributed by atoms with Crippen molar-refractivity contribution in [2.75, 3.05) is 19.2 Å². The molecule has 0 aliphatic carbocycles. The molecule has 0 saturated carbocycles. The van der Waals surface area contributed by atoms with Crippen molar-refractivity contribution >= 4 is 22.7 Å². The van der Waals surface area contributed by atoms with E-state index in [0.29, 0.717) is 29.9 Å². The number of nitrogens with zero attached hydrogens (tertiary/aromatic N) is 2. The van der Waals surface area contributed by atoms with E-state index < -0.39 is 0 Å². The Labute approximate surface area is 175 Å². The molecule has 0 bridgehead atoms. The Morgan fingerprint density at radius 1 is 1.21 bits per heavy atom. The smallest absolute Gasteiger partial charge is 0.266 e. The van der Waals surface area contributed by atoms with E-state index in [-0.39, 0.29) is 11.7 Å². The maximum Gasteiger partial charge on any atom is 0.266 e. The molecule has 2 heterocycles. The third-order valence-electron chi connectivity index (χ3n) is 5.45. The van der Waals surface area contributed by atoms with Crippen molar-refractivity contribution in [3.63, 3.8) is 0 Å². The number of benzene rings is 2. The molecule has 29 heavy (non-hydrogen) atoms. The fourth-order valence-corrected chi connectivity index (χ4v) is 4.50. The summed E-state index contributed by atoms with van der Waals surface area (Å²) < 4.78 is 12.6. The zero-order chi connectivity index (χ0) is 20.2. The first-order chi connectivity index (χ1) is 14.2. The zero-order valence-electron chi connectivity index (χ0n) is 16.8. The molecule has 0 N–H and O–H groups in total. The Morgan fingerprint density at radius 3 is 2.72 bits per heavy atom. The van der Waals surface area contributed by atoms with E-state index in [2.05, 4.69) is 26.0 Å². The normalized spacial score (nSPS) is 18.1. The third kappa shape index (κ3) is 4.39. The minimum absolute atomic E-state index is 0.0396. The van der Waals surface area contributed by atoms with Gasteiger partial charge in [0, 0.05) is 5.75 Å². The number of para-hydroxylation sites is 1. The first-order valence-corrected chi connectivity index (χ1v) is 11.1. The summed E-state index contributed by atoms with van der Waals surface area (Å²) in [4.78, 5) is 18.1. The van der Waals surface area contributed by atoms with Gasteiger partial charge < -0.3 is 9.47 Å². The fourth-order valence-electron chi connectivity index (χ4n) is 3.42. The maximum atomic E-state index is 13.3. The van der Waals surface area contributed by atoms with Crippen molar-refractivity contribution < 1.29 is 9.47 Å². The first-order valence-electron chi connectivity index (χ1n) is 10.1. The fraction of sp³-hybridized carbons (Fsp3) is 0.391. The van der Waals surface area contributed by atoms with Crippen LogP contribution in [0, 0.1) is 0 Å². The molecule has 0 amide bonds. The lowest BCUT2D eigenvalue weighted by Gasteiger charge is -2.22. The van der Waals surface area contributed by atoms with E-state index in [1.54, 1.807) is 16.3 Å². The monoisotopic (exact) mass is 410 g/mol. The molecule has 6 heteroatoms. The van der Waals surface area contributed by atoms with Crippen LogP contribution in [0.2, 0.25) is 0 Å². The van der Waals surface area contributed by atoms with Gasteiger partial charge in [-0.2, -0.15) is 0 Å². The van der Waals surface area contributed by atoms with Gasteiger partial charge in [-0.25, -0.2) is 4.98 Å². The van der Waals surface area contributed by atoms with Crippen LogP contribution < -0.4 is 5.56 Å². The quantitative estimate of drug-likeness (QED) is 0.433. The van der Waals surface area contributed by atoms with E-state index in [0.717, 1.165) is 29.8 Å². The van der Waals surface area contributed by atoms with Crippen LogP contribution in [0.5, 0.6) is 0 Å². The molecule has 1 aliphatic rings. The summed E-state index contributed by atoms with van der Waals surface area (Å²) >= 11 is 1.56. The average Bonchev–Trinajstić information content (AvgIpc) is 2.78. The molecule has 0 unspecified atom stereocenters. The molecule has 2 atom stereocenters. The third-order valence-corrected chi connectivity index (χ3v) is 6.52. The van der Waals surface area contributed by atoms with Crippen molar-refractivity contribution in [2.24, 2.45) is 0 Å². The number of thioether (sulfide) groups is 1. The van der Waals surface area contributed by atoms with Crippen LogP contribution in [-0.4, -0.2) is 34.8 Å². The molecular weight excluding hydrogens is 384 g/mol. The highest BCUT2D eigenvalue weighted by molar-refractivity contribution is 7.99. The first kappa shape index (κ1) is 20.1. The van der Waals surface area contributed by atoms with Crippen LogP contribution in [0.4, 0.5) is 0 Å². The molecule has 3 aromatic rings. The molecule has 1 saturated heterocycles. The molecule has 2 aromatic carbocycles. The Balaban J connectivity index is 1.73. The number of rotatable bonds is 6. The van der Waals surface area contributed by atoms with Crippen LogP contribution in [0.15, 0.2) is 58.5 Å². The molecule has 1 aromatic heterocycles. The predicted molar refractivity (Wildman–Crippen MR) is 117 cm³/mol. The van der Waals surface area contributed by atoms with Crippen molar-refractivity contribution in [3.8, 4) is 5.69 Å². The molecule has 0 radical (unpaired) electrons. The van der Waals surface area contributed by atoms with Gasteiger partial charge in [-0.3, -0.25) is 9.36 Å². The molecule has 0 spiro atoms. The number of hydrogen-bond donors (Lipinski definition) is 0. The number of ether oxygens (including phenoxy) is 2. The largest absolute Gasteiger partial charge is 0.355 e. The highest BCUT2D eigenvalue weighted by Crippen LogP contribution is 2.25. The molecule has 152 valence electrons. The summed E-state index contributed by atoms with van der Waals surface area (Å²) in [7, 11) is 0. The summed E-state index contributed by atoms with van der Waals surface area (Å²) in [5.41, 5.74) is 2.81. The highest BCUT2D eigenvalue weighted by Gasteiger charge is 2.18. The lowest BCUT2D eigenvalue weighted by atomic mass is 9.98. The van der Waals surface area contributed by atoms with Crippen molar-refractivity contribution in [3.05, 3.63) is 64.4 Å². The van der Waals surface area contributed by atoms with Gasteiger partial charge >= 0.3 is 0 Å². The summed E-state index contributed by atoms with van der Waals surface area (Å²) in [6, 6.07) is 15.8. The predicted octanol–water partition coefficient (Wildman–Crippen LogP) is 4.75. The summed E-state index contributed by atoms with van der Waals surface area (Å²) in [5.74, 6) is 1.23. The topological polar surface area (TPSA) is 53.4 Å². The standard InChI is InChI=1S/C23H26N2O3S/c1-3-16(2)17-8-10-18(11-9-17)25-22(26)20-6-4-5-7-21(20)24-23(25)29-14-19-12-13-27-15-28-19/h4-11,16,19H,3,12-15H2,1-2H3/t16-,19-/m1/s1. The van der Waals surface area contributed by atoms with E-state index in [4.69, 9.17) is 14.5 Å². The van der Waals surface area contributed by atoms with Gasteiger partial charge in [0.2, 0.25) is 0 Å². The van der Waals surface area contributed by atoms with E-state index in [1.807, 2.05) is 36.4 Å². The molecule has 1 aliphatic heterocycles. The molecule has 4 rings (SSSR count). The summed E-state index contributed by atoms with van der Waals surface area (Å²) in [6.45, 7) is 5.44. The van der Waals surface area contributed by atoms with Crippen LogP contribution >= 0.6 is 11.8 Å². The molecular formula is C23H26N2O3S. The van der Waals surface area contributed by atoms with Gasteiger partial charge in [-0.05, 0) is 48.6 Å². The minimum Gasteiger partial charge on any atom is -0.355 e. The van der Waals surface area contributed by atoms with Gasteiger partial charge in [-0.15, -0.1) is 0 Å². The van der Waals surface area contributed by atoms with Gasteiger partial charge in [0.25, 0.3) is 5.56 Å². The second-order valence-electron chi connectivity index (χ2n) is 7.37. The highest BCUT2D eigenvalue weighted by atomic mass is 32.2. The molecule has 1 fully saturated rings. The Hall–Kier alpha value is -2.15. The van der Waals surface area contributed by atoms with Crippen LogP contribution in [0.3, 0.4) is 0 Å². The van der Waals surface area contributed by atoms with E-state index in [1.165, 1.54) is 5.56 Å². The summed E-state index contributed by atoms with van der Waals surface area (Å²) in [5, 5.41) is 1.32. The number of fused-ring (bicyclic) bond motifs is 1. The van der Waals surface area contributed by atoms with Crippen molar-refractivity contribution in [2.45, 2.75) is 43.9 Å². The second-order valence-corrected chi connectivity index (χ2v) is 8.35. The van der Waals surface area contributed by atoms with Crippen molar-refractivity contribution in [1.29, 1.82) is 0 Å². The van der Waals surface area contributed by atoms with Crippen LogP contribution in [0.1, 0.15) is 38.2 Å². The van der Waals surface area contributed by atoms with Crippen LogP contribution in [0.25, 0.3) is 16.6 Å². The van der Waals surface area contributed by atoms with Crippen molar-refractivity contribution in [1.82, 2.24) is 9.55 Å². The second kappa shape index (κ2) is 9.11. The number of hydrogen-bond acceptors (Lipinski definition) is 5. The van der Waals surface area contributed by atoms with E-state index >= 15 is 0 Å². The Kier molecular flexibility index (Phi) is 6.33. The average molecular weight is 411 g/mol.